The molecule has 2 aliphatic rings. The molecule has 0 aliphatic carbocycles. The first-order valence-electron chi connectivity index (χ1n) is 9.07. The van der Waals surface area contributed by atoms with Crippen LogP contribution >= 0.6 is 0 Å². The number of carbonyl (C=O) groups is 1. The van der Waals surface area contributed by atoms with Crippen LogP contribution in [0, 0.1) is 0 Å². The van der Waals surface area contributed by atoms with Gasteiger partial charge < -0.3 is 19.7 Å². The SMILES string of the molecule is COc1ccc(C2CC(N3CCCC3=O)c3cc(OC)ccc3N2)cc1. The summed E-state index contributed by atoms with van der Waals surface area (Å²) in [5.41, 5.74) is 3.41. The van der Waals surface area contributed by atoms with Crippen molar-refractivity contribution in [2.24, 2.45) is 0 Å². The van der Waals surface area contributed by atoms with Crippen molar-refractivity contribution in [3.05, 3.63) is 53.6 Å². The van der Waals surface area contributed by atoms with Crippen molar-refractivity contribution in [1.82, 2.24) is 4.90 Å². The molecule has 5 nitrogen and oxygen atoms in total. The van der Waals surface area contributed by atoms with E-state index in [0.29, 0.717) is 6.42 Å². The number of rotatable bonds is 4. The summed E-state index contributed by atoms with van der Waals surface area (Å²) in [5, 5.41) is 3.64. The predicted octanol–water partition coefficient (Wildman–Crippen LogP) is 3.92. The van der Waals surface area contributed by atoms with Crippen LogP contribution in [0.25, 0.3) is 0 Å². The molecular weight excluding hydrogens is 328 g/mol. The Balaban J connectivity index is 1.70. The van der Waals surface area contributed by atoms with E-state index in [2.05, 4.69) is 29.6 Å². The second-order valence-corrected chi connectivity index (χ2v) is 6.87. The topological polar surface area (TPSA) is 50.8 Å². The number of ether oxygens (including phenoxy) is 2. The quantitative estimate of drug-likeness (QED) is 0.906. The molecule has 0 aromatic heterocycles. The van der Waals surface area contributed by atoms with Crippen molar-refractivity contribution in [2.75, 3.05) is 26.1 Å². The maximum Gasteiger partial charge on any atom is 0.223 e. The largest absolute Gasteiger partial charge is 0.497 e. The third-order valence-electron chi connectivity index (χ3n) is 5.41. The number of nitrogens with zero attached hydrogens (tertiary/aromatic N) is 1. The molecule has 2 aromatic carbocycles. The maximum absolute atomic E-state index is 12.4. The van der Waals surface area contributed by atoms with E-state index in [-0.39, 0.29) is 18.0 Å². The van der Waals surface area contributed by atoms with E-state index in [4.69, 9.17) is 9.47 Å². The fourth-order valence-electron chi connectivity index (χ4n) is 4.02. The van der Waals surface area contributed by atoms with Gasteiger partial charge in [-0.25, -0.2) is 0 Å². The van der Waals surface area contributed by atoms with E-state index in [1.807, 2.05) is 23.1 Å². The second kappa shape index (κ2) is 6.90. The zero-order chi connectivity index (χ0) is 18.1. The van der Waals surface area contributed by atoms with Gasteiger partial charge in [-0.3, -0.25) is 4.79 Å². The Morgan fingerprint density at radius 1 is 1.04 bits per heavy atom. The van der Waals surface area contributed by atoms with E-state index in [9.17, 15) is 4.79 Å². The summed E-state index contributed by atoms with van der Waals surface area (Å²) in [6.07, 6.45) is 2.43. The standard InChI is InChI=1S/C21H24N2O3/c1-25-15-7-5-14(6-8-15)19-13-20(23-11-3-4-21(23)24)17-12-16(26-2)9-10-18(17)22-19/h5-10,12,19-20,22H,3-4,11,13H2,1-2H3. The van der Waals surface area contributed by atoms with Crippen LogP contribution in [0.5, 0.6) is 11.5 Å². The van der Waals surface area contributed by atoms with Gasteiger partial charge in [0.05, 0.1) is 26.3 Å². The molecule has 0 radical (unpaired) electrons. The van der Waals surface area contributed by atoms with Gasteiger partial charge in [-0.1, -0.05) is 12.1 Å². The number of hydrogen-bond donors (Lipinski definition) is 1. The molecule has 5 heteroatoms. The highest BCUT2D eigenvalue weighted by Crippen LogP contribution is 2.44. The van der Waals surface area contributed by atoms with Crippen molar-refractivity contribution in [3.8, 4) is 11.5 Å². The molecule has 136 valence electrons. The molecule has 1 amide bonds. The molecule has 26 heavy (non-hydrogen) atoms. The van der Waals surface area contributed by atoms with Crippen LogP contribution < -0.4 is 14.8 Å². The summed E-state index contributed by atoms with van der Waals surface area (Å²) >= 11 is 0. The molecule has 4 rings (SSSR count). The van der Waals surface area contributed by atoms with Gasteiger partial charge in [-0.15, -0.1) is 0 Å². The van der Waals surface area contributed by atoms with E-state index < -0.39 is 0 Å². The Labute approximate surface area is 153 Å². The molecule has 0 saturated carbocycles. The highest BCUT2D eigenvalue weighted by molar-refractivity contribution is 5.79. The fourth-order valence-corrected chi connectivity index (χ4v) is 4.02. The Hall–Kier alpha value is -2.69. The summed E-state index contributed by atoms with van der Waals surface area (Å²) < 4.78 is 10.7. The number of likely N-dealkylation sites (tertiary alicyclic amines) is 1. The third-order valence-corrected chi connectivity index (χ3v) is 5.41. The molecule has 0 bridgehead atoms. The van der Waals surface area contributed by atoms with Gasteiger partial charge in [-0.05, 0) is 48.7 Å². The normalized spacial score (nSPS) is 21.9. The first-order chi connectivity index (χ1) is 12.7. The summed E-state index contributed by atoms with van der Waals surface area (Å²) in [4.78, 5) is 14.5. The lowest BCUT2D eigenvalue weighted by atomic mass is 9.88. The van der Waals surface area contributed by atoms with Crippen LogP contribution in [0.3, 0.4) is 0 Å². The molecule has 0 spiro atoms. The third kappa shape index (κ3) is 2.98. The van der Waals surface area contributed by atoms with Gasteiger partial charge in [0.25, 0.3) is 0 Å². The van der Waals surface area contributed by atoms with Crippen molar-refractivity contribution in [1.29, 1.82) is 0 Å². The Kier molecular flexibility index (Phi) is 4.45. The summed E-state index contributed by atoms with van der Waals surface area (Å²) in [6.45, 7) is 0.829. The molecule has 2 heterocycles. The molecule has 2 unspecified atom stereocenters. The molecule has 1 N–H and O–H groups in total. The number of carbonyl (C=O) groups excluding carboxylic acids is 1. The van der Waals surface area contributed by atoms with Crippen LogP contribution in [0.1, 0.15) is 42.5 Å². The van der Waals surface area contributed by atoms with Crippen molar-refractivity contribution in [2.45, 2.75) is 31.3 Å². The Bertz CT molecular complexity index is 803. The van der Waals surface area contributed by atoms with Crippen LogP contribution in [0.15, 0.2) is 42.5 Å². The smallest absolute Gasteiger partial charge is 0.223 e. The van der Waals surface area contributed by atoms with Crippen LogP contribution in [0.2, 0.25) is 0 Å². The number of nitrogens with one attached hydrogen (secondary N) is 1. The lowest BCUT2D eigenvalue weighted by Gasteiger charge is -2.38. The van der Waals surface area contributed by atoms with Gasteiger partial charge in [0.15, 0.2) is 0 Å². The summed E-state index contributed by atoms with van der Waals surface area (Å²) in [7, 11) is 3.35. The maximum atomic E-state index is 12.4. The molecule has 2 aromatic rings. The van der Waals surface area contributed by atoms with E-state index in [1.54, 1.807) is 14.2 Å². The summed E-state index contributed by atoms with van der Waals surface area (Å²) in [5.74, 6) is 1.92. The lowest BCUT2D eigenvalue weighted by molar-refractivity contribution is -0.130. The zero-order valence-corrected chi connectivity index (χ0v) is 15.2. The molecule has 2 aliphatic heterocycles. The van der Waals surface area contributed by atoms with Crippen molar-refractivity contribution >= 4 is 11.6 Å². The van der Waals surface area contributed by atoms with Gasteiger partial charge in [-0.2, -0.15) is 0 Å². The number of methoxy groups -OCH3 is 2. The molecular formula is C21H24N2O3. The van der Waals surface area contributed by atoms with Gasteiger partial charge in [0.2, 0.25) is 5.91 Å². The van der Waals surface area contributed by atoms with Crippen LogP contribution in [0.4, 0.5) is 5.69 Å². The van der Waals surface area contributed by atoms with Crippen molar-refractivity contribution < 1.29 is 14.3 Å². The van der Waals surface area contributed by atoms with Crippen LogP contribution in [-0.2, 0) is 4.79 Å². The minimum atomic E-state index is 0.0726. The number of anilines is 1. The monoisotopic (exact) mass is 352 g/mol. The highest BCUT2D eigenvalue weighted by atomic mass is 16.5. The first-order valence-corrected chi connectivity index (χ1v) is 9.07. The minimum Gasteiger partial charge on any atom is -0.497 e. The average molecular weight is 352 g/mol. The molecule has 2 atom stereocenters. The zero-order valence-electron chi connectivity index (χ0n) is 15.2. The number of amides is 1. The Morgan fingerprint density at radius 3 is 2.42 bits per heavy atom. The van der Waals surface area contributed by atoms with Gasteiger partial charge in [0, 0.05) is 24.2 Å². The number of benzene rings is 2. The number of fused-ring (bicyclic) bond motifs is 1. The predicted molar refractivity (Wildman–Crippen MR) is 101 cm³/mol. The minimum absolute atomic E-state index is 0.0726. The van der Waals surface area contributed by atoms with E-state index in [1.165, 1.54) is 5.56 Å². The fraction of sp³-hybridized carbons (Fsp3) is 0.381. The Morgan fingerprint density at radius 2 is 1.77 bits per heavy atom. The van der Waals surface area contributed by atoms with Gasteiger partial charge >= 0.3 is 0 Å². The van der Waals surface area contributed by atoms with Gasteiger partial charge in [0.1, 0.15) is 11.5 Å². The summed E-state index contributed by atoms with van der Waals surface area (Å²) in [6, 6.07) is 14.4. The van der Waals surface area contributed by atoms with Crippen LogP contribution in [-0.4, -0.2) is 31.6 Å². The van der Waals surface area contributed by atoms with E-state index in [0.717, 1.165) is 42.1 Å². The molecule has 1 fully saturated rings. The second-order valence-electron chi connectivity index (χ2n) is 6.87. The van der Waals surface area contributed by atoms with E-state index >= 15 is 0 Å². The first kappa shape index (κ1) is 16.8. The number of hydrogen-bond acceptors (Lipinski definition) is 4. The average Bonchev–Trinajstić information content (AvgIpc) is 3.12. The lowest BCUT2D eigenvalue weighted by Crippen LogP contribution is -2.35. The molecule has 1 saturated heterocycles. The van der Waals surface area contributed by atoms with Crippen molar-refractivity contribution in [3.63, 3.8) is 0 Å². The highest BCUT2D eigenvalue weighted by Gasteiger charge is 2.36.